The summed E-state index contributed by atoms with van der Waals surface area (Å²) in [5.74, 6) is 0.622. The van der Waals surface area contributed by atoms with Gasteiger partial charge in [0.15, 0.2) is 0 Å². The van der Waals surface area contributed by atoms with Crippen LogP contribution in [0.3, 0.4) is 0 Å². The van der Waals surface area contributed by atoms with Gasteiger partial charge in [-0.1, -0.05) is 0 Å². The van der Waals surface area contributed by atoms with Gasteiger partial charge in [0.1, 0.15) is 17.9 Å². The number of esters is 1. The van der Waals surface area contributed by atoms with Gasteiger partial charge in [-0.05, 0) is 31.2 Å². The molecule has 4 nitrogen and oxygen atoms in total. The number of cyclic esters (lactones) is 1. The highest BCUT2D eigenvalue weighted by Crippen LogP contribution is 2.21. The Morgan fingerprint density at radius 1 is 1.38 bits per heavy atom. The number of methoxy groups -OCH3 is 1. The van der Waals surface area contributed by atoms with E-state index < -0.39 is 0 Å². The molecule has 0 unspecified atom stereocenters. The molecule has 0 saturated carbocycles. The van der Waals surface area contributed by atoms with Gasteiger partial charge < -0.3 is 14.8 Å². The zero-order valence-corrected chi connectivity index (χ0v) is 9.40. The average Bonchev–Trinajstić information content (AvgIpc) is 2.59. The van der Waals surface area contributed by atoms with Gasteiger partial charge in [-0.25, -0.2) is 4.79 Å². The summed E-state index contributed by atoms with van der Waals surface area (Å²) in [6, 6.07) is 7.24. The second-order valence-corrected chi connectivity index (χ2v) is 3.91. The quantitative estimate of drug-likeness (QED) is 0.791. The third-order valence-corrected chi connectivity index (χ3v) is 2.60. The molecule has 86 valence electrons. The molecule has 4 heteroatoms. The lowest BCUT2D eigenvalue weighted by atomic mass is 10.2. The van der Waals surface area contributed by atoms with Crippen LogP contribution >= 0.6 is 0 Å². The van der Waals surface area contributed by atoms with Crippen LogP contribution in [0.5, 0.6) is 5.75 Å². The number of nitrogens with one attached hydrogen (secondary N) is 1. The molecular formula is C12H15NO3. The van der Waals surface area contributed by atoms with Crippen molar-refractivity contribution in [2.45, 2.75) is 25.5 Å². The molecule has 2 atom stereocenters. The fourth-order valence-electron chi connectivity index (χ4n) is 1.76. The summed E-state index contributed by atoms with van der Waals surface area (Å²) < 4.78 is 10.1. The number of carbonyl (C=O) groups excluding carboxylic acids is 1. The first-order chi connectivity index (χ1) is 7.69. The lowest BCUT2D eigenvalue weighted by Gasteiger charge is -2.10. The van der Waals surface area contributed by atoms with Crippen molar-refractivity contribution in [3.8, 4) is 5.75 Å². The van der Waals surface area contributed by atoms with Gasteiger partial charge in [0.2, 0.25) is 0 Å². The summed E-state index contributed by atoms with van der Waals surface area (Å²) in [7, 11) is 1.62. The molecule has 1 saturated heterocycles. The van der Waals surface area contributed by atoms with Gasteiger partial charge in [-0.15, -0.1) is 0 Å². The summed E-state index contributed by atoms with van der Waals surface area (Å²) in [6.45, 7) is 1.90. The number of anilines is 1. The first kappa shape index (κ1) is 10.8. The molecule has 0 amide bonds. The molecule has 0 radical (unpaired) electrons. The number of benzene rings is 1. The first-order valence-corrected chi connectivity index (χ1v) is 5.30. The van der Waals surface area contributed by atoms with Crippen LogP contribution in [0.2, 0.25) is 0 Å². The molecule has 16 heavy (non-hydrogen) atoms. The maximum atomic E-state index is 11.4. The molecule has 1 fully saturated rings. The van der Waals surface area contributed by atoms with E-state index in [1.54, 1.807) is 7.11 Å². The van der Waals surface area contributed by atoms with E-state index in [0.717, 1.165) is 11.4 Å². The standard InChI is InChI=1S/C12H15NO3/c1-8-7-11(12(14)16-8)13-9-3-5-10(15-2)6-4-9/h3-6,8,11,13H,7H2,1-2H3/t8-,11-/m0/s1. The van der Waals surface area contributed by atoms with E-state index in [1.165, 1.54) is 0 Å². The predicted octanol–water partition coefficient (Wildman–Crippen LogP) is 1.81. The van der Waals surface area contributed by atoms with Gasteiger partial charge in [0.25, 0.3) is 0 Å². The van der Waals surface area contributed by atoms with E-state index in [4.69, 9.17) is 9.47 Å². The number of hydrogen-bond acceptors (Lipinski definition) is 4. The van der Waals surface area contributed by atoms with Gasteiger partial charge in [-0.2, -0.15) is 0 Å². The van der Waals surface area contributed by atoms with Crippen LogP contribution in [0.15, 0.2) is 24.3 Å². The van der Waals surface area contributed by atoms with E-state index in [9.17, 15) is 4.79 Å². The van der Waals surface area contributed by atoms with Gasteiger partial charge in [0.05, 0.1) is 7.11 Å². The van der Waals surface area contributed by atoms with Crippen LogP contribution in [0, 0.1) is 0 Å². The maximum absolute atomic E-state index is 11.4. The third kappa shape index (κ3) is 2.27. The summed E-state index contributed by atoms with van der Waals surface area (Å²) >= 11 is 0. The number of ether oxygens (including phenoxy) is 2. The van der Waals surface area contributed by atoms with E-state index in [0.29, 0.717) is 6.42 Å². The minimum absolute atomic E-state index is 0.00301. The van der Waals surface area contributed by atoms with Crippen molar-refractivity contribution < 1.29 is 14.3 Å². The minimum Gasteiger partial charge on any atom is -0.497 e. The van der Waals surface area contributed by atoms with Crippen molar-refractivity contribution in [2.75, 3.05) is 12.4 Å². The summed E-state index contributed by atoms with van der Waals surface area (Å²) in [4.78, 5) is 11.4. The molecule has 0 aliphatic carbocycles. The molecular weight excluding hydrogens is 206 g/mol. The molecule has 1 aromatic carbocycles. The second kappa shape index (κ2) is 4.43. The number of carbonyl (C=O) groups is 1. The monoisotopic (exact) mass is 221 g/mol. The zero-order valence-electron chi connectivity index (χ0n) is 9.40. The highest BCUT2D eigenvalue weighted by molar-refractivity contribution is 5.81. The molecule has 2 rings (SSSR count). The SMILES string of the molecule is COc1ccc(N[C@H]2C[C@H](C)OC2=O)cc1. The van der Waals surface area contributed by atoms with E-state index in [1.807, 2.05) is 31.2 Å². The predicted molar refractivity (Wildman–Crippen MR) is 60.6 cm³/mol. The van der Waals surface area contributed by atoms with Crippen LogP contribution in [0.1, 0.15) is 13.3 Å². The maximum Gasteiger partial charge on any atom is 0.328 e. The average molecular weight is 221 g/mol. The van der Waals surface area contributed by atoms with Gasteiger partial charge >= 0.3 is 5.97 Å². The second-order valence-electron chi connectivity index (χ2n) is 3.91. The van der Waals surface area contributed by atoms with E-state index in [2.05, 4.69) is 5.32 Å². The summed E-state index contributed by atoms with van der Waals surface area (Å²) in [5.41, 5.74) is 0.900. The fourth-order valence-corrected chi connectivity index (χ4v) is 1.76. The Morgan fingerprint density at radius 3 is 2.56 bits per heavy atom. The van der Waals surface area contributed by atoms with Crippen LogP contribution in [0.4, 0.5) is 5.69 Å². The lowest BCUT2D eigenvalue weighted by Crippen LogP contribution is -2.24. The summed E-state index contributed by atoms with van der Waals surface area (Å²) in [5, 5.41) is 3.14. The van der Waals surface area contributed by atoms with Crippen LogP contribution in [0.25, 0.3) is 0 Å². The van der Waals surface area contributed by atoms with Crippen molar-refractivity contribution in [1.82, 2.24) is 0 Å². The Labute approximate surface area is 94.6 Å². The van der Waals surface area contributed by atoms with Crippen LogP contribution in [-0.4, -0.2) is 25.2 Å². The molecule has 0 spiro atoms. The molecule has 1 aromatic rings. The highest BCUT2D eigenvalue weighted by atomic mass is 16.6. The summed E-state index contributed by atoms with van der Waals surface area (Å²) in [6.07, 6.45) is 0.716. The Kier molecular flexibility index (Phi) is 2.99. The Hall–Kier alpha value is -1.71. The normalized spacial score (nSPS) is 24.0. The Bertz CT molecular complexity index is 374. The van der Waals surface area contributed by atoms with Crippen molar-refractivity contribution in [3.63, 3.8) is 0 Å². The zero-order chi connectivity index (χ0) is 11.5. The molecule has 1 aliphatic rings. The van der Waals surface area contributed by atoms with Crippen LogP contribution < -0.4 is 10.1 Å². The fraction of sp³-hybridized carbons (Fsp3) is 0.417. The van der Waals surface area contributed by atoms with Crippen molar-refractivity contribution in [3.05, 3.63) is 24.3 Å². The highest BCUT2D eigenvalue weighted by Gasteiger charge is 2.31. The minimum atomic E-state index is -0.233. The molecule has 1 heterocycles. The van der Waals surface area contributed by atoms with Crippen molar-refractivity contribution in [2.24, 2.45) is 0 Å². The van der Waals surface area contributed by atoms with Gasteiger partial charge in [0, 0.05) is 12.1 Å². The smallest absolute Gasteiger partial charge is 0.328 e. The Balaban J connectivity index is 2.01. The third-order valence-electron chi connectivity index (χ3n) is 2.60. The Morgan fingerprint density at radius 2 is 2.06 bits per heavy atom. The largest absolute Gasteiger partial charge is 0.497 e. The number of hydrogen-bond donors (Lipinski definition) is 1. The first-order valence-electron chi connectivity index (χ1n) is 5.30. The molecule has 0 aromatic heterocycles. The molecule has 1 aliphatic heterocycles. The topological polar surface area (TPSA) is 47.6 Å². The molecule has 0 bridgehead atoms. The van der Waals surface area contributed by atoms with Crippen molar-refractivity contribution in [1.29, 1.82) is 0 Å². The van der Waals surface area contributed by atoms with E-state index in [-0.39, 0.29) is 18.1 Å². The van der Waals surface area contributed by atoms with Crippen LogP contribution in [-0.2, 0) is 9.53 Å². The lowest BCUT2D eigenvalue weighted by molar-refractivity contribution is -0.141. The van der Waals surface area contributed by atoms with E-state index >= 15 is 0 Å². The number of rotatable bonds is 3. The van der Waals surface area contributed by atoms with Crippen molar-refractivity contribution >= 4 is 11.7 Å². The van der Waals surface area contributed by atoms with Gasteiger partial charge in [-0.3, -0.25) is 0 Å². The molecule has 1 N–H and O–H groups in total.